The monoisotopic (exact) mass is 453 g/mol. The smallest absolute Gasteiger partial charge is 0.284 e. The molecule has 0 saturated carbocycles. The van der Waals surface area contributed by atoms with Crippen LogP contribution in [0, 0.1) is 0 Å². The third kappa shape index (κ3) is 3.48. The predicted octanol–water partition coefficient (Wildman–Crippen LogP) is 3.66. The Bertz CT molecular complexity index is 1210. The number of amidine groups is 1. The zero-order valence-corrected chi connectivity index (χ0v) is 17.9. The number of pyridine rings is 1. The van der Waals surface area contributed by atoms with E-state index in [4.69, 9.17) is 10.5 Å². The van der Waals surface area contributed by atoms with Crippen LogP contribution in [-0.2, 0) is 10.3 Å². The fraction of sp³-hybridized carbons (Fsp3) is 0.292. The lowest BCUT2D eigenvalue weighted by Gasteiger charge is -2.35. The molecule has 0 fully saturated rings. The average molecular weight is 453 g/mol. The van der Waals surface area contributed by atoms with Crippen molar-refractivity contribution in [2.75, 3.05) is 20.2 Å². The highest BCUT2D eigenvalue weighted by Gasteiger charge is 2.53. The fourth-order valence-electron chi connectivity index (χ4n) is 4.54. The summed E-state index contributed by atoms with van der Waals surface area (Å²) in [6.45, 7) is -1.26. The maximum atomic E-state index is 14.8. The Labute approximate surface area is 189 Å². The van der Waals surface area contributed by atoms with Crippen LogP contribution >= 0.6 is 0 Å². The number of guanidine groups is 1. The molecule has 1 aliphatic carbocycles. The summed E-state index contributed by atoms with van der Waals surface area (Å²) in [5, 5.41) is 0. The van der Waals surface area contributed by atoms with Crippen molar-refractivity contribution < 1.29 is 17.9 Å². The lowest BCUT2D eigenvalue weighted by molar-refractivity contribution is -0.00437. The molecule has 2 unspecified atom stereocenters. The van der Waals surface area contributed by atoms with Crippen molar-refractivity contribution in [2.24, 2.45) is 15.7 Å². The highest BCUT2D eigenvalue weighted by molar-refractivity contribution is 6.12. The van der Waals surface area contributed by atoms with Crippen LogP contribution in [0.2, 0.25) is 0 Å². The Morgan fingerprint density at radius 3 is 2.70 bits per heavy atom. The molecule has 9 heteroatoms. The van der Waals surface area contributed by atoms with Gasteiger partial charge in [-0.2, -0.15) is 0 Å². The van der Waals surface area contributed by atoms with Crippen molar-refractivity contribution in [2.45, 2.75) is 24.1 Å². The topological polar surface area (TPSA) is 76.1 Å². The van der Waals surface area contributed by atoms with Crippen LogP contribution in [-0.4, -0.2) is 54.0 Å². The number of ether oxygens (including phenoxy) is 1. The minimum atomic E-state index is -3.02. The highest BCUT2D eigenvalue weighted by Crippen LogP contribution is 2.43. The summed E-state index contributed by atoms with van der Waals surface area (Å²) in [7, 11) is 1.54. The van der Waals surface area contributed by atoms with E-state index in [1.165, 1.54) is 12.0 Å². The Hall–Kier alpha value is -3.62. The van der Waals surface area contributed by atoms with Gasteiger partial charge in [0, 0.05) is 18.8 Å². The Balaban J connectivity index is 1.70. The second kappa shape index (κ2) is 7.75. The van der Waals surface area contributed by atoms with E-state index in [-0.39, 0.29) is 12.4 Å². The maximum Gasteiger partial charge on any atom is 0.284 e. The summed E-state index contributed by atoms with van der Waals surface area (Å²) < 4.78 is 48.5. The number of aromatic nitrogens is 1. The van der Waals surface area contributed by atoms with Gasteiger partial charge in [0.05, 0.1) is 13.7 Å². The molecule has 170 valence electrons. The number of rotatable bonds is 4. The first-order valence-electron chi connectivity index (χ1n) is 10.5. The van der Waals surface area contributed by atoms with Crippen molar-refractivity contribution in [3.05, 3.63) is 83.4 Å². The second-order valence-corrected chi connectivity index (χ2v) is 8.19. The molecular formula is C24H22F3N5O. The standard InChI is InChI=1S/C24H22F3N5O/c1-33-18-5-6-20(25)19(12-18)15-3-2-4-17(11-15)24(16-7-9-29-10-8-16)21-30-13-23(26,27)14-32(21)22(28)31-24/h2-5,7-12,20H,6,13-14H2,1H3,(H2,28,31). The van der Waals surface area contributed by atoms with Gasteiger partial charge >= 0.3 is 0 Å². The number of nitrogens with two attached hydrogens (primary N) is 1. The average Bonchev–Trinajstić information content (AvgIpc) is 3.11. The molecule has 2 atom stereocenters. The number of fused-ring (bicyclic) bond motifs is 1. The number of methoxy groups -OCH3 is 1. The summed E-state index contributed by atoms with van der Waals surface area (Å²) >= 11 is 0. The Morgan fingerprint density at radius 2 is 1.94 bits per heavy atom. The fourth-order valence-corrected chi connectivity index (χ4v) is 4.54. The lowest BCUT2D eigenvalue weighted by atomic mass is 9.80. The molecule has 0 radical (unpaired) electrons. The molecule has 3 heterocycles. The summed E-state index contributed by atoms with van der Waals surface area (Å²) in [5.41, 5.74) is 7.34. The van der Waals surface area contributed by atoms with Crippen LogP contribution in [0.4, 0.5) is 13.2 Å². The van der Waals surface area contributed by atoms with E-state index >= 15 is 0 Å². The molecule has 0 bridgehead atoms. The molecule has 33 heavy (non-hydrogen) atoms. The largest absolute Gasteiger partial charge is 0.497 e. The van der Waals surface area contributed by atoms with Crippen molar-refractivity contribution in [1.29, 1.82) is 0 Å². The molecule has 3 aliphatic rings. The number of benzene rings is 1. The molecule has 2 aromatic rings. The van der Waals surface area contributed by atoms with Gasteiger partial charge in [-0.15, -0.1) is 0 Å². The molecule has 1 aromatic heterocycles. The lowest BCUT2D eigenvalue weighted by Crippen LogP contribution is -2.53. The van der Waals surface area contributed by atoms with E-state index in [1.807, 2.05) is 12.1 Å². The number of nitrogens with zero attached hydrogens (tertiary/aromatic N) is 4. The van der Waals surface area contributed by atoms with Gasteiger partial charge in [-0.3, -0.25) is 14.9 Å². The van der Waals surface area contributed by atoms with E-state index in [1.54, 1.807) is 48.8 Å². The summed E-state index contributed by atoms with van der Waals surface area (Å²) in [6, 6.07) is 10.7. The quantitative estimate of drug-likeness (QED) is 0.767. The van der Waals surface area contributed by atoms with Crippen LogP contribution in [0.3, 0.4) is 0 Å². The van der Waals surface area contributed by atoms with Gasteiger partial charge in [0.25, 0.3) is 5.92 Å². The second-order valence-electron chi connectivity index (χ2n) is 8.19. The first kappa shape index (κ1) is 21.2. The van der Waals surface area contributed by atoms with Crippen LogP contribution < -0.4 is 5.73 Å². The van der Waals surface area contributed by atoms with Crippen molar-refractivity contribution in [3.63, 3.8) is 0 Å². The molecule has 5 rings (SSSR count). The van der Waals surface area contributed by atoms with Crippen LogP contribution in [0.1, 0.15) is 23.1 Å². The van der Waals surface area contributed by atoms with Crippen molar-refractivity contribution >= 4 is 17.4 Å². The minimum Gasteiger partial charge on any atom is -0.497 e. The number of allylic oxidation sites excluding steroid dienone is 3. The summed E-state index contributed by atoms with van der Waals surface area (Å²) in [6.07, 6.45) is 5.58. The van der Waals surface area contributed by atoms with Gasteiger partial charge in [-0.05, 0) is 52.6 Å². The van der Waals surface area contributed by atoms with Gasteiger partial charge in [0.2, 0.25) is 0 Å². The van der Waals surface area contributed by atoms with Crippen LogP contribution in [0.15, 0.2) is 76.7 Å². The van der Waals surface area contributed by atoms with Gasteiger partial charge in [-0.1, -0.05) is 18.2 Å². The van der Waals surface area contributed by atoms with E-state index in [0.29, 0.717) is 33.9 Å². The van der Waals surface area contributed by atoms with Gasteiger partial charge in [0.15, 0.2) is 11.5 Å². The molecule has 2 N–H and O–H groups in total. The van der Waals surface area contributed by atoms with E-state index in [2.05, 4.69) is 15.0 Å². The third-order valence-electron chi connectivity index (χ3n) is 6.10. The normalized spacial score (nSPS) is 26.1. The van der Waals surface area contributed by atoms with Crippen LogP contribution in [0.5, 0.6) is 0 Å². The highest BCUT2D eigenvalue weighted by atomic mass is 19.3. The van der Waals surface area contributed by atoms with Crippen molar-refractivity contribution in [1.82, 2.24) is 9.88 Å². The molecule has 6 nitrogen and oxygen atoms in total. The SMILES string of the molecule is COC1=CCC(F)C(c2cccc(C3(c4ccncc4)N=C(N)N4CC(F)(F)CN=C43)c2)=C1. The first-order valence-corrected chi connectivity index (χ1v) is 10.5. The summed E-state index contributed by atoms with van der Waals surface area (Å²) in [4.78, 5) is 14.3. The molecular weight excluding hydrogens is 431 g/mol. The Kier molecular flexibility index (Phi) is 4.99. The molecule has 2 aliphatic heterocycles. The number of alkyl halides is 3. The van der Waals surface area contributed by atoms with Crippen LogP contribution in [0.25, 0.3) is 5.57 Å². The molecule has 0 saturated heterocycles. The zero-order chi connectivity index (χ0) is 23.2. The Morgan fingerprint density at radius 1 is 1.15 bits per heavy atom. The zero-order valence-electron chi connectivity index (χ0n) is 17.9. The minimum absolute atomic E-state index is 0.0415. The molecule has 0 amide bonds. The van der Waals surface area contributed by atoms with Crippen molar-refractivity contribution in [3.8, 4) is 0 Å². The number of hydrogen-bond donors (Lipinski definition) is 1. The molecule has 0 spiro atoms. The van der Waals surface area contributed by atoms with E-state index in [9.17, 15) is 13.2 Å². The van der Waals surface area contributed by atoms with Gasteiger partial charge in [-0.25, -0.2) is 18.2 Å². The first-order chi connectivity index (χ1) is 15.8. The number of halogens is 3. The van der Waals surface area contributed by atoms with E-state index < -0.39 is 30.7 Å². The van der Waals surface area contributed by atoms with E-state index in [0.717, 1.165) is 0 Å². The number of aliphatic imine (C=N–C) groups is 2. The van der Waals surface area contributed by atoms with Gasteiger partial charge in [0.1, 0.15) is 24.3 Å². The predicted molar refractivity (Wildman–Crippen MR) is 120 cm³/mol. The molecule has 1 aromatic carbocycles. The van der Waals surface area contributed by atoms with Gasteiger partial charge < -0.3 is 10.5 Å². The number of hydrogen-bond acceptors (Lipinski definition) is 6. The third-order valence-corrected chi connectivity index (χ3v) is 6.10. The summed E-state index contributed by atoms with van der Waals surface area (Å²) in [5.74, 6) is -2.15. The maximum absolute atomic E-state index is 14.8.